The molecule has 16 heavy (non-hydrogen) atoms. The van der Waals surface area contributed by atoms with E-state index in [0.717, 1.165) is 25.7 Å². The van der Waals surface area contributed by atoms with Gasteiger partial charge in [0.2, 0.25) is 5.91 Å². The van der Waals surface area contributed by atoms with E-state index in [9.17, 15) is 4.79 Å². The summed E-state index contributed by atoms with van der Waals surface area (Å²) >= 11 is 0. The normalized spacial score (nSPS) is 10.9. The van der Waals surface area contributed by atoms with Crippen LogP contribution in [-0.2, 0) is 4.79 Å². The standard InChI is InChI=1S/C13H26N2O/c1-3-5-7-8-9-10-11-13(16)15-14-12-6-4-2/h12H,3-11H2,1-2H3,(H,15,16)/b14-12+. The van der Waals surface area contributed by atoms with Gasteiger partial charge in [0.1, 0.15) is 0 Å². The van der Waals surface area contributed by atoms with Gasteiger partial charge in [-0.3, -0.25) is 4.79 Å². The van der Waals surface area contributed by atoms with Crippen molar-refractivity contribution in [3.05, 3.63) is 0 Å². The first-order chi connectivity index (χ1) is 7.81. The maximum Gasteiger partial charge on any atom is 0.240 e. The van der Waals surface area contributed by atoms with Crippen molar-refractivity contribution in [3.63, 3.8) is 0 Å². The highest BCUT2D eigenvalue weighted by Gasteiger charge is 1.98. The van der Waals surface area contributed by atoms with Crippen LogP contribution in [0.2, 0.25) is 0 Å². The van der Waals surface area contributed by atoms with Crippen LogP contribution in [0.1, 0.15) is 71.6 Å². The van der Waals surface area contributed by atoms with Crippen molar-refractivity contribution in [2.45, 2.75) is 71.6 Å². The molecule has 0 aromatic carbocycles. The zero-order valence-electron chi connectivity index (χ0n) is 10.8. The second-order valence-corrected chi connectivity index (χ2v) is 4.15. The first-order valence-corrected chi connectivity index (χ1v) is 6.61. The van der Waals surface area contributed by atoms with Gasteiger partial charge in [-0.2, -0.15) is 5.10 Å². The molecule has 0 aliphatic rings. The lowest BCUT2D eigenvalue weighted by Gasteiger charge is -2.00. The van der Waals surface area contributed by atoms with E-state index < -0.39 is 0 Å². The fourth-order valence-electron chi connectivity index (χ4n) is 1.43. The van der Waals surface area contributed by atoms with Gasteiger partial charge in [0, 0.05) is 12.6 Å². The molecule has 0 aromatic rings. The van der Waals surface area contributed by atoms with Crippen LogP contribution in [0, 0.1) is 0 Å². The monoisotopic (exact) mass is 226 g/mol. The molecule has 0 radical (unpaired) electrons. The fourth-order valence-corrected chi connectivity index (χ4v) is 1.43. The number of hydrogen-bond acceptors (Lipinski definition) is 2. The molecular weight excluding hydrogens is 200 g/mol. The fraction of sp³-hybridized carbons (Fsp3) is 0.846. The first-order valence-electron chi connectivity index (χ1n) is 6.61. The Bertz CT molecular complexity index is 190. The summed E-state index contributed by atoms with van der Waals surface area (Å²) in [4.78, 5) is 11.3. The zero-order valence-corrected chi connectivity index (χ0v) is 10.8. The summed E-state index contributed by atoms with van der Waals surface area (Å²) in [5.74, 6) is 0.0443. The van der Waals surface area contributed by atoms with Crippen molar-refractivity contribution in [1.29, 1.82) is 0 Å². The summed E-state index contributed by atoms with van der Waals surface area (Å²) in [6.45, 7) is 4.30. The lowest BCUT2D eigenvalue weighted by molar-refractivity contribution is -0.121. The van der Waals surface area contributed by atoms with E-state index in [1.165, 1.54) is 25.7 Å². The molecular formula is C13H26N2O. The van der Waals surface area contributed by atoms with Crippen molar-refractivity contribution >= 4 is 12.1 Å². The minimum atomic E-state index is 0.0443. The number of hydrazone groups is 1. The Labute approximate surface area is 99.7 Å². The van der Waals surface area contributed by atoms with Crippen LogP contribution >= 0.6 is 0 Å². The highest BCUT2D eigenvalue weighted by atomic mass is 16.2. The predicted octanol–water partition coefficient (Wildman–Crippen LogP) is 3.64. The number of hydrogen-bond donors (Lipinski definition) is 1. The Morgan fingerprint density at radius 2 is 1.75 bits per heavy atom. The van der Waals surface area contributed by atoms with Crippen LogP contribution in [0.25, 0.3) is 0 Å². The molecule has 0 saturated carbocycles. The largest absolute Gasteiger partial charge is 0.273 e. The second-order valence-electron chi connectivity index (χ2n) is 4.15. The Morgan fingerprint density at radius 1 is 1.06 bits per heavy atom. The van der Waals surface area contributed by atoms with Crippen molar-refractivity contribution in [2.75, 3.05) is 0 Å². The van der Waals surface area contributed by atoms with E-state index in [1.54, 1.807) is 6.21 Å². The molecule has 0 heterocycles. The van der Waals surface area contributed by atoms with E-state index in [2.05, 4.69) is 24.4 Å². The number of amides is 1. The summed E-state index contributed by atoms with van der Waals surface area (Å²) in [6, 6.07) is 0. The van der Waals surface area contributed by atoms with Crippen LogP contribution < -0.4 is 5.43 Å². The van der Waals surface area contributed by atoms with Crippen LogP contribution in [0.5, 0.6) is 0 Å². The molecule has 1 N–H and O–H groups in total. The summed E-state index contributed by atoms with van der Waals surface area (Å²) in [6.07, 6.45) is 11.6. The van der Waals surface area contributed by atoms with Crippen LogP contribution in [0.3, 0.4) is 0 Å². The average Bonchev–Trinajstić information content (AvgIpc) is 2.29. The van der Waals surface area contributed by atoms with E-state index >= 15 is 0 Å². The lowest BCUT2D eigenvalue weighted by atomic mass is 10.1. The highest BCUT2D eigenvalue weighted by molar-refractivity contribution is 5.76. The van der Waals surface area contributed by atoms with Gasteiger partial charge in [0.05, 0.1) is 0 Å². The van der Waals surface area contributed by atoms with Crippen LogP contribution in [0.4, 0.5) is 0 Å². The molecule has 0 aromatic heterocycles. The van der Waals surface area contributed by atoms with Gasteiger partial charge in [0.15, 0.2) is 0 Å². The molecule has 0 rings (SSSR count). The number of nitrogens with one attached hydrogen (secondary N) is 1. The Kier molecular flexibility index (Phi) is 11.6. The van der Waals surface area contributed by atoms with Crippen LogP contribution in [-0.4, -0.2) is 12.1 Å². The molecule has 3 nitrogen and oxygen atoms in total. The molecule has 0 aliphatic heterocycles. The van der Waals surface area contributed by atoms with Gasteiger partial charge in [-0.05, 0) is 12.8 Å². The topological polar surface area (TPSA) is 41.5 Å². The lowest BCUT2D eigenvalue weighted by Crippen LogP contribution is -2.16. The molecule has 0 aliphatic carbocycles. The van der Waals surface area contributed by atoms with E-state index in [1.807, 2.05) is 0 Å². The number of rotatable bonds is 10. The van der Waals surface area contributed by atoms with Crippen molar-refractivity contribution < 1.29 is 4.79 Å². The van der Waals surface area contributed by atoms with Crippen molar-refractivity contribution in [1.82, 2.24) is 5.43 Å². The minimum Gasteiger partial charge on any atom is -0.273 e. The maximum absolute atomic E-state index is 11.3. The van der Waals surface area contributed by atoms with E-state index in [0.29, 0.717) is 6.42 Å². The molecule has 94 valence electrons. The minimum absolute atomic E-state index is 0.0443. The van der Waals surface area contributed by atoms with Gasteiger partial charge in [-0.15, -0.1) is 0 Å². The van der Waals surface area contributed by atoms with Gasteiger partial charge in [-0.25, -0.2) is 5.43 Å². The third kappa shape index (κ3) is 11.2. The molecule has 0 bridgehead atoms. The third-order valence-electron chi connectivity index (χ3n) is 2.46. The smallest absolute Gasteiger partial charge is 0.240 e. The number of nitrogens with zero attached hydrogens (tertiary/aromatic N) is 1. The SMILES string of the molecule is CCC/C=N/NC(=O)CCCCCCCC. The number of carbonyl (C=O) groups excluding carboxylic acids is 1. The summed E-state index contributed by atoms with van der Waals surface area (Å²) in [5, 5.41) is 3.86. The maximum atomic E-state index is 11.3. The molecule has 0 fully saturated rings. The molecule has 1 amide bonds. The Hall–Kier alpha value is -0.860. The van der Waals surface area contributed by atoms with Crippen LogP contribution in [0.15, 0.2) is 5.10 Å². The summed E-state index contributed by atoms with van der Waals surface area (Å²) in [5.41, 5.74) is 2.55. The predicted molar refractivity (Wildman–Crippen MR) is 69.5 cm³/mol. The van der Waals surface area contributed by atoms with Gasteiger partial charge >= 0.3 is 0 Å². The number of carbonyl (C=O) groups is 1. The first kappa shape index (κ1) is 15.1. The molecule has 0 atom stereocenters. The van der Waals surface area contributed by atoms with Gasteiger partial charge in [-0.1, -0.05) is 52.4 Å². The van der Waals surface area contributed by atoms with E-state index in [-0.39, 0.29) is 5.91 Å². The molecule has 0 spiro atoms. The highest BCUT2D eigenvalue weighted by Crippen LogP contribution is 2.06. The number of unbranched alkanes of at least 4 members (excludes halogenated alkanes) is 6. The summed E-state index contributed by atoms with van der Waals surface area (Å²) < 4.78 is 0. The molecule has 3 heteroatoms. The Balaban J connectivity index is 3.23. The van der Waals surface area contributed by atoms with Crippen molar-refractivity contribution in [2.24, 2.45) is 5.10 Å². The van der Waals surface area contributed by atoms with E-state index in [4.69, 9.17) is 0 Å². The Morgan fingerprint density at radius 3 is 2.44 bits per heavy atom. The summed E-state index contributed by atoms with van der Waals surface area (Å²) in [7, 11) is 0. The molecule has 0 saturated heterocycles. The van der Waals surface area contributed by atoms with Gasteiger partial charge in [0.25, 0.3) is 0 Å². The van der Waals surface area contributed by atoms with Gasteiger partial charge < -0.3 is 0 Å². The molecule has 0 unspecified atom stereocenters. The quantitative estimate of drug-likeness (QED) is 0.345. The zero-order chi connectivity index (χ0) is 12.1. The average molecular weight is 226 g/mol. The third-order valence-corrected chi connectivity index (χ3v) is 2.46. The van der Waals surface area contributed by atoms with Crippen molar-refractivity contribution in [3.8, 4) is 0 Å². The second kappa shape index (κ2) is 12.2.